The predicted molar refractivity (Wildman–Crippen MR) is 77.3 cm³/mol. The number of hydrogen-bond donors (Lipinski definition) is 1. The molecule has 2 aliphatic carbocycles. The molecule has 1 aromatic carbocycles. The van der Waals surface area contributed by atoms with Crippen molar-refractivity contribution in [1.29, 1.82) is 5.26 Å². The van der Waals surface area contributed by atoms with E-state index < -0.39 is 5.41 Å². The molecule has 20 heavy (non-hydrogen) atoms. The van der Waals surface area contributed by atoms with E-state index in [1.54, 1.807) is 0 Å². The van der Waals surface area contributed by atoms with Gasteiger partial charge < -0.3 is 5.32 Å². The van der Waals surface area contributed by atoms with Gasteiger partial charge in [-0.15, -0.1) is 0 Å². The van der Waals surface area contributed by atoms with Gasteiger partial charge in [0.25, 0.3) is 0 Å². The molecule has 3 rings (SSSR count). The van der Waals surface area contributed by atoms with Gasteiger partial charge in [0.05, 0.1) is 6.07 Å². The standard InChI is InChI=1S/C16H17ClN2O/c17-12-5-3-4-11(8-12)13-9-14(13)19-15(20)16(10-18)6-1-2-7-16/h3-5,8,13-14H,1-2,6-7,9H2,(H,19,20)/t13-,14+/m0/s1. The Morgan fingerprint density at radius 2 is 2.15 bits per heavy atom. The Kier molecular flexibility index (Phi) is 3.43. The average Bonchev–Trinajstić information content (AvgIpc) is 3.03. The summed E-state index contributed by atoms with van der Waals surface area (Å²) in [5.74, 6) is 0.266. The number of nitriles is 1. The zero-order valence-electron chi connectivity index (χ0n) is 11.2. The number of carbonyl (C=O) groups excluding carboxylic acids is 1. The van der Waals surface area contributed by atoms with Crippen LogP contribution < -0.4 is 5.32 Å². The predicted octanol–water partition coefficient (Wildman–Crippen LogP) is 3.40. The van der Waals surface area contributed by atoms with E-state index >= 15 is 0 Å². The summed E-state index contributed by atoms with van der Waals surface area (Å²) in [5, 5.41) is 13.1. The van der Waals surface area contributed by atoms with Gasteiger partial charge >= 0.3 is 0 Å². The first kappa shape index (κ1) is 13.5. The summed E-state index contributed by atoms with van der Waals surface area (Å²) in [4.78, 5) is 12.3. The number of amides is 1. The van der Waals surface area contributed by atoms with E-state index in [2.05, 4.69) is 11.4 Å². The van der Waals surface area contributed by atoms with E-state index in [0.717, 1.165) is 24.3 Å². The van der Waals surface area contributed by atoms with Crippen molar-refractivity contribution in [2.24, 2.45) is 5.41 Å². The minimum atomic E-state index is -0.776. The van der Waals surface area contributed by atoms with Gasteiger partial charge in [-0.05, 0) is 37.0 Å². The van der Waals surface area contributed by atoms with Crippen LogP contribution in [0.1, 0.15) is 43.6 Å². The minimum Gasteiger partial charge on any atom is -0.351 e. The first-order chi connectivity index (χ1) is 9.64. The van der Waals surface area contributed by atoms with E-state index in [1.165, 1.54) is 5.56 Å². The molecule has 2 saturated carbocycles. The number of nitrogens with one attached hydrogen (secondary N) is 1. The molecule has 2 aliphatic rings. The zero-order chi connectivity index (χ0) is 14.2. The average molecular weight is 289 g/mol. The fraction of sp³-hybridized carbons (Fsp3) is 0.500. The topological polar surface area (TPSA) is 52.9 Å². The highest BCUT2D eigenvalue weighted by Gasteiger charge is 2.46. The highest BCUT2D eigenvalue weighted by Crippen LogP contribution is 2.43. The summed E-state index contributed by atoms with van der Waals surface area (Å²) in [6.45, 7) is 0. The molecule has 0 heterocycles. The van der Waals surface area contributed by atoms with E-state index in [-0.39, 0.29) is 11.9 Å². The van der Waals surface area contributed by atoms with Crippen molar-refractivity contribution >= 4 is 17.5 Å². The van der Waals surface area contributed by atoms with Crippen LogP contribution in [0.25, 0.3) is 0 Å². The lowest BCUT2D eigenvalue weighted by Crippen LogP contribution is -2.39. The van der Waals surface area contributed by atoms with Crippen LogP contribution in [0.5, 0.6) is 0 Å². The molecule has 3 nitrogen and oxygen atoms in total. The van der Waals surface area contributed by atoms with Crippen molar-refractivity contribution < 1.29 is 4.79 Å². The highest BCUT2D eigenvalue weighted by molar-refractivity contribution is 6.30. The molecular weight excluding hydrogens is 272 g/mol. The third-order valence-electron chi connectivity index (χ3n) is 4.49. The third kappa shape index (κ3) is 2.41. The summed E-state index contributed by atoms with van der Waals surface area (Å²) in [6.07, 6.45) is 4.29. The maximum Gasteiger partial charge on any atom is 0.240 e. The molecule has 1 amide bonds. The Balaban J connectivity index is 1.64. The molecule has 2 atom stereocenters. The summed E-state index contributed by atoms with van der Waals surface area (Å²) >= 11 is 5.99. The summed E-state index contributed by atoms with van der Waals surface area (Å²) in [7, 11) is 0. The van der Waals surface area contributed by atoms with Crippen LogP contribution in [0.4, 0.5) is 0 Å². The molecule has 4 heteroatoms. The van der Waals surface area contributed by atoms with Gasteiger partial charge in [0.15, 0.2) is 0 Å². The van der Waals surface area contributed by atoms with Gasteiger partial charge in [-0.3, -0.25) is 4.79 Å². The smallest absolute Gasteiger partial charge is 0.240 e. The normalized spacial score (nSPS) is 26.8. The van der Waals surface area contributed by atoms with Gasteiger partial charge in [-0.1, -0.05) is 36.6 Å². The monoisotopic (exact) mass is 288 g/mol. The number of hydrogen-bond acceptors (Lipinski definition) is 2. The zero-order valence-corrected chi connectivity index (χ0v) is 12.0. The molecule has 2 fully saturated rings. The maximum absolute atomic E-state index is 12.3. The number of benzene rings is 1. The molecule has 0 bridgehead atoms. The molecule has 0 unspecified atom stereocenters. The molecule has 0 aliphatic heterocycles. The van der Waals surface area contributed by atoms with Crippen LogP contribution in [0.3, 0.4) is 0 Å². The Morgan fingerprint density at radius 3 is 2.80 bits per heavy atom. The summed E-state index contributed by atoms with van der Waals surface area (Å²) in [5.41, 5.74) is 0.391. The van der Waals surface area contributed by atoms with Crippen LogP contribution in [-0.2, 0) is 4.79 Å². The first-order valence-corrected chi connectivity index (χ1v) is 7.50. The number of rotatable bonds is 3. The van der Waals surface area contributed by atoms with Gasteiger partial charge in [0.2, 0.25) is 5.91 Å². The molecule has 1 N–H and O–H groups in total. The SMILES string of the molecule is N#CC1(C(=O)N[C@@H]2C[C@H]2c2cccc(Cl)c2)CCCC1. The molecule has 1 aromatic rings. The number of nitrogens with zero attached hydrogens (tertiary/aromatic N) is 1. The second kappa shape index (κ2) is 5.10. The van der Waals surface area contributed by atoms with Crippen molar-refractivity contribution in [1.82, 2.24) is 5.32 Å². The largest absolute Gasteiger partial charge is 0.351 e. The number of halogens is 1. The van der Waals surface area contributed by atoms with Crippen LogP contribution in [0.2, 0.25) is 5.02 Å². The number of carbonyl (C=O) groups is 1. The van der Waals surface area contributed by atoms with Crippen molar-refractivity contribution in [2.75, 3.05) is 0 Å². The van der Waals surface area contributed by atoms with Crippen LogP contribution in [0, 0.1) is 16.7 Å². The van der Waals surface area contributed by atoms with E-state index in [9.17, 15) is 10.1 Å². The summed E-state index contributed by atoms with van der Waals surface area (Å²) < 4.78 is 0. The lowest BCUT2D eigenvalue weighted by atomic mass is 9.87. The fourth-order valence-corrected chi connectivity index (χ4v) is 3.33. The quantitative estimate of drug-likeness (QED) is 0.927. The van der Waals surface area contributed by atoms with Gasteiger partial charge in [0, 0.05) is 17.0 Å². The molecule has 0 saturated heterocycles. The first-order valence-electron chi connectivity index (χ1n) is 7.12. The van der Waals surface area contributed by atoms with Crippen LogP contribution >= 0.6 is 11.6 Å². The third-order valence-corrected chi connectivity index (χ3v) is 4.72. The Morgan fingerprint density at radius 1 is 1.40 bits per heavy atom. The fourth-order valence-electron chi connectivity index (χ4n) is 3.13. The lowest BCUT2D eigenvalue weighted by Gasteiger charge is -2.19. The van der Waals surface area contributed by atoms with E-state index in [4.69, 9.17) is 11.6 Å². The maximum atomic E-state index is 12.3. The van der Waals surface area contributed by atoms with Crippen LogP contribution in [-0.4, -0.2) is 11.9 Å². The van der Waals surface area contributed by atoms with Gasteiger partial charge in [-0.2, -0.15) is 5.26 Å². The highest BCUT2D eigenvalue weighted by atomic mass is 35.5. The second-order valence-electron chi connectivity index (χ2n) is 5.88. The van der Waals surface area contributed by atoms with Crippen molar-refractivity contribution in [2.45, 2.75) is 44.1 Å². The van der Waals surface area contributed by atoms with Gasteiger partial charge in [0.1, 0.15) is 5.41 Å². The molecule has 0 aromatic heterocycles. The molecular formula is C16H17ClN2O. The molecule has 0 spiro atoms. The lowest BCUT2D eigenvalue weighted by molar-refractivity contribution is -0.128. The van der Waals surface area contributed by atoms with Crippen molar-refractivity contribution in [3.8, 4) is 6.07 Å². The van der Waals surface area contributed by atoms with Gasteiger partial charge in [-0.25, -0.2) is 0 Å². The molecule has 104 valence electrons. The minimum absolute atomic E-state index is 0.0768. The second-order valence-corrected chi connectivity index (χ2v) is 6.31. The Hall–Kier alpha value is -1.53. The Labute approximate surface area is 123 Å². The van der Waals surface area contributed by atoms with E-state index in [1.807, 2.05) is 24.3 Å². The summed E-state index contributed by atoms with van der Waals surface area (Å²) in [6, 6.07) is 10.2. The van der Waals surface area contributed by atoms with Crippen LogP contribution in [0.15, 0.2) is 24.3 Å². The van der Waals surface area contributed by atoms with E-state index in [0.29, 0.717) is 18.8 Å². The van der Waals surface area contributed by atoms with Crippen molar-refractivity contribution in [3.05, 3.63) is 34.9 Å². The van der Waals surface area contributed by atoms with Crippen molar-refractivity contribution in [3.63, 3.8) is 0 Å². The Bertz CT molecular complexity index is 572. The molecule has 0 radical (unpaired) electrons.